The monoisotopic (exact) mass is 574 g/mol. The second-order valence-electron chi connectivity index (χ2n) is 11.1. The van der Waals surface area contributed by atoms with E-state index < -0.39 is 0 Å². The molecule has 2 saturated carbocycles. The van der Waals surface area contributed by atoms with Gasteiger partial charge in [-0.1, -0.05) is 185 Å². The Morgan fingerprint density at radius 3 is 0.767 bits per heavy atom. The van der Waals surface area contributed by atoms with Crippen molar-refractivity contribution in [2.45, 2.75) is 124 Å². The van der Waals surface area contributed by atoms with Crippen molar-refractivity contribution >= 4 is 0 Å². The summed E-state index contributed by atoms with van der Waals surface area (Å²) in [5.41, 5.74) is 13.0. The minimum atomic E-state index is 0.339. The van der Waals surface area contributed by atoms with Crippen LogP contribution in [0.15, 0.2) is 97.1 Å². The largest absolute Gasteiger partial charge is 0.0683 e. The van der Waals surface area contributed by atoms with Gasteiger partial charge in [-0.3, -0.25) is 0 Å². The van der Waals surface area contributed by atoms with Crippen LogP contribution < -0.4 is 0 Å². The van der Waals surface area contributed by atoms with Gasteiger partial charge in [0.1, 0.15) is 0 Å². The average molecular weight is 575 g/mol. The maximum atomic E-state index is 2.36. The summed E-state index contributed by atoms with van der Waals surface area (Å²) in [6, 6.07) is 36.1. The van der Waals surface area contributed by atoms with Gasteiger partial charge in [0.15, 0.2) is 0 Å². The van der Waals surface area contributed by atoms with E-state index in [4.69, 9.17) is 0 Å². The van der Waals surface area contributed by atoms with Gasteiger partial charge in [0.25, 0.3) is 0 Å². The molecule has 0 saturated heterocycles. The molecule has 2 fully saturated rings. The van der Waals surface area contributed by atoms with Gasteiger partial charge < -0.3 is 0 Å². The van der Waals surface area contributed by atoms with Gasteiger partial charge in [-0.25, -0.2) is 0 Å². The van der Waals surface area contributed by atoms with Gasteiger partial charge in [-0.05, 0) is 70.2 Å². The highest BCUT2D eigenvalue weighted by Crippen LogP contribution is 2.57. The summed E-state index contributed by atoms with van der Waals surface area (Å²) in [6.45, 7) is 16.0. The van der Waals surface area contributed by atoms with E-state index in [9.17, 15) is 0 Å². The van der Waals surface area contributed by atoms with E-state index in [-0.39, 0.29) is 0 Å². The zero-order chi connectivity index (χ0) is 31.3. The van der Waals surface area contributed by atoms with Crippen LogP contribution in [0.2, 0.25) is 0 Å². The minimum Gasteiger partial charge on any atom is -0.0683 e. The summed E-state index contributed by atoms with van der Waals surface area (Å²) in [6.07, 6.45) is 12.3. The zero-order valence-corrected chi connectivity index (χ0v) is 28.6. The number of fused-ring (bicyclic) bond motifs is 10. The van der Waals surface area contributed by atoms with E-state index in [0.717, 1.165) is 0 Å². The van der Waals surface area contributed by atoms with Crippen molar-refractivity contribution in [3.05, 3.63) is 119 Å². The molecule has 4 aromatic rings. The molecular formula is C43H58. The summed E-state index contributed by atoms with van der Waals surface area (Å²) >= 11 is 0. The highest BCUT2D eigenvalue weighted by Gasteiger charge is 2.45. The lowest BCUT2D eigenvalue weighted by molar-refractivity contribution is 0.353. The van der Waals surface area contributed by atoms with Gasteiger partial charge in [0.05, 0.1) is 0 Å². The Kier molecular flexibility index (Phi) is 13.3. The molecule has 4 aliphatic rings. The van der Waals surface area contributed by atoms with E-state index in [1.54, 1.807) is 22.3 Å². The van der Waals surface area contributed by atoms with Crippen LogP contribution in [0.3, 0.4) is 0 Å². The van der Waals surface area contributed by atoms with Crippen molar-refractivity contribution in [3.8, 4) is 22.3 Å². The van der Waals surface area contributed by atoms with Crippen molar-refractivity contribution in [1.29, 1.82) is 0 Å². The lowest BCUT2D eigenvalue weighted by atomic mass is 9.68. The fourth-order valence-electron chi connectivity index (χ4n) is 8.04. The van der Waals surface area contributed by atoms with Crippen molar-refractivity contribution in [2.75, 3.05) is 0 Å². The molecule has 0 atom stereocenters. The van der Waals surface area contributed by atoms with E-state index in [2.05, 4.69) is 97.1 Å². The normalized spacial score (nSPS) is 16.4. The van der Waals surface area contributed by atoms with Crippen LogP contribution in [0.25, 0.3) is 22.3 Å². The molecule has 0 heteroatoms. The predicted octanol–water partition coefficient (Wildman–Crippen LogP) is 13.5. The number of hydrogen-bond acceptors (Lipinski definition) is 0. The third-order valence-electron chi connectivity index (χ3n) is 9.52. The fourth-order valence-corrected chi connectivity index (χ4v) is 8.04. The molecule has 4 aromatic carbocycles. The maximum absolute atomic E-state index is 2.36. The van der Waals surface area contributed by atoms with Crippen molar-refractivity contribution in [1.82, 2.24) is 0 Å². The summed E-state index contributed by atoms with van der Waals surface area (Å²) < 4.78 is 0. The highest BCUT2D eigenvalue weighted by atomic mass is 14.5. The van der Waals surface area contributed by atoms with E-state index in [0.29, 0.717) is 10.8 Å². The van der Waals surface area contributed by atoms with Crippen molar-refractivity contribution in [3.63, 3.8) is 0 Å². The summed E-state index contributed by atoms with van der Waals surface area (Å²) in [7, 11) is 0. The Hall–Kier alpha value is -3.12. The Morgan fingerprint density at radius 2 is 0.512 bits per heavy atom. The molecule has 230 valence electrons. The van der Waals surface area contributed by atoms with Crippen LogP contribution in [0, 0.1) is 0 Å². The van der Waals surface area contributed by atoms with E-state index in [1.807, 2.05) is 55.4 Å². The van der Waals surface area contributed by atoms with Gasteiger partial charge in [-0.2, -0.15) is 0 Å². The minimum absolute atomic E-state index is 0.339. The van der Waals surface area contributed by atoms with Crippen LogP contribution >= 0.6 is 0 Å². The molecule has 0 unspecified atom stereocenters. The maximum Gasteiger partial charge on any atom is 0.0215 e. The zero-order valence-electron chi connectivity index (χ0n) is 28.6. The Balaban J connectivity index is 0.000000192. The van der Waals surface area contributed by atoms with E-state index >= 15 is 0 Å². The molecule has 0 nitrogen and oxygen atoms in total. The molecule has 43 heavy (non-hydrogen) atoms. The number of rotatable bonds is 0. The fraction of sp³-hybridized carbons (Fsp3) is 0.442. The van der Waals surface area contributed by atoms with E-state index in [1.165, 1.54) is 80.0 Å². The molecule has 0 radical (unpaired) electrons. The first-order valence-corrected chi connectivity index (χ1v) is 17.7. The predicted molar refractivity (Wildman–Crippen MR) is 192 cm³/mol. The Bertz CT molecular complexity index is 1280. The third kappa shape index (κ3) is 6.26. The molecule has 0 N–H and O–H groups in total. The van der Waals surface area contributed by atoms with Crippen LogP contribution in [0.5, 0.6) is 0 Å². The molecule has 4 aliphatic carbocycles. The Labute approximate surface area is 265 Å². The molecule has 0 aliphatic heterocycles. The highest BCUT2D eigenvalue weighted by molar-refractivity contribution is 5.82. The van der Waals surface area contributed by atoms with Gasteiger partial charge >= 0.3 is 0 Å². The van der Waals surface area contributed by atoms with Gasteiger partial charge in [0, 0.05) is 10.8 Å². The van der Waals surface area contributed by atoms with Gasteiger partial charge in [0.2, 0.25) is 0 Å². The summed E-state index contributed by atoms with van der Waals surface area (Å²) in [5.74, 6) is 0. The summed E-state index contributed by atoms with van der Waals surface area (Å²) in [4.78, 5) is 0. The number of benzene rings is 4. The van der Waals surface area contributed by atoms with Gasteiger partial charge in [-0.15, -0.1) is 0 Å². The van der Waals surface area contributed by atoms with Crippen LogP contribution in [0.4, 0.5) is 0 Å². The summed E-state index contributed by atoms with van der Waals surface area (Å²) in [5, 5.41) is 0. The Morgan fingerprint density at radius 1 is 0.302 bits per heavy atom. The number of hydrogen-bond donors (Lipinski definition) is 0. The van der Waals surface area contributed by atoms with Crippen molar-refractivity contribution < 1.29 is 0 Å². The molecule has 0 amide bonds. The average Bonchev–Trinajstić information content (AvgIpc) is 3.80. The quantitative estimate of drug-likeness (QED) is 0.196. The van der Waals surface area contributed by atoms with Crippen molar-refractivity contribution in [2.24, 2.45) is 0 Å². The first-order chi connectivity index (χ1) is 21.3. The molecule has 0 bridgehead atoms. The van der Waals surface area contributed by atoms with Crippen LogP contribution in [-0.2, 0) is 10.8 Å². The topological polar surface area (TPSA) is 0 Å². The molecule has 2 spiro atoms. The van der Waals surface area contributed by atoms with Crippen LogP contribution in [0.1, 0.15) is 135 Å². The molecule has 8 rings (SSSR count). The standard InChI is InChI=1S/C18H18.C17H16.4C2H6/c1-6-12-18(13-7-1)16-10-4-2-8-14(16)15-9-3-5-11-17(15)18;1-3-9-15-13(7-1)14-8-2-4-10-16(14)17(15)11-5-6-12-17;4*1-2/h2-5,8-11H,1,6-7,12-13H2;1-4,7-10H,5-6,11-12H2;4*1-2H3. The third-order valence-corrected chi connectivity index (χ3v) is 9.52. The SMILES string of the molecule is CC.CC.CC.CC.c1ccc2c(c1)-c1ccccc1C21CCCC1.c1ccc2c(c1)-c1ccccc1C21CCCCC1. The molecular weight excluding hydrogens is 516 g/mol. The lowest BCUT2D eigenvalue weighted by Crippen LogP contribution is -2.27. The first-order valence-electron chi connectivity index (χ1n) is 17.7. The molecule has 0 aromatic heterocycles. The molecule has 0 heterocycles. The second-order valence-corrected chi connectivity index (χ2v) is 11.1. The van der Waals surface area contributed by atoms with Crippen LogP contribution in [-0.4, -0.2) is 0 Å². The first kappa shape index (κ1) is 34.4. The lowest BCUT2D eigenvalue weighted by Gasteiger charge is -2.35. The smallest absolute Gasteiger partial charge is 0.0215 e. The second kappa shape index (κ2) is 16.7.